The van der Waals surface area contributed by atoms with Crippen LogP contribution in [0.25, 0.3) is 4.91 Å². The molecule has 2 heterocycles. The zero-order chi connectivity index (χ0) is 14.2. The standard InChI is InChI=1S/C16H17N2OS/c1-16(2,3)15-18(12-7-5-4-6-8-12)11-14(20-15)13-9-10-17-19-13/h4-10,15H,1-3H3. The highest BCUT2D eigenvalue weighted by molar-refractivity contribution is 8.09. The smallest absolute Gasteiger partial charge is 0.175 e. The van der Waals surface area contributed by atoms with E-state index in [0.717, 1.165) is 16.4 Å². The van der Waals surface area contributed by atoms with Gasteiger partial charge in [-0.1, -0.05) is 55.9 Å². The van der Waals surface area contributed by atoms with Crippen LogP contribution < -0.4 is 4.90 Å². The van der Waals surface area contributed by atoms with Gasteiger partial charge in [0.1, 0.15) is 0 Å². The molecule has 3 rings (SSSR count). The van der Waals surface area contributed by atoms with Gasteiger partial charge < -0.3 is 9.42 Å². The van der Waals surface area contributed by atoms with Crippen LogP contribution in [0.3, 0.4) is 0 Å². The predicted molar refractivity (Wildman–Crippen MR) is 82.9 cm³/mol. The first-order valence-electron chi connectivity index (χ1n) is 6.61. The molecule has 1 aromatic heterocycles. The second kappa shape index (κ2) is 5.02. The number of aromatic nitrogens is 1. The molecule has 0 aliphatic carbocycles. The number of hydrogen-bond donors (Lipinski definition) is 0. The Morgan fingerprint density at radius 3 is 2.55 bits per heavy atom. The summed E-state index contributed by atoms with van der Waals surface area (Å²) in [5, 5.41) is 4.07. The van der Waals surface area contributed by atoms with Crippen molar-refractivity contribution >= 4 is 22.4 Å². The lowest BCUT2D eigenvalue weighted by Gasteiger charge is -2.34. The highest BCUT2D eigenvalue weighted by Gasteiger charge is 2.37. The van der Waals surface area contributed by atoms with E-state index in [4.69, 9.17) is 4.52 Å². The van der Waals surface area contributed by atoms with Gasteiger partial charge in [0.15, 0.2) is 5.76 Å². The fourth-order valence-electron chi connectivity index (χ4n) is 2.16. The summed E-state index contributed by atoms with van der Waals surface area (Å²) in [5.74, 6) is 0.780. The molecule has 0 saturated carbocycles. The fourth-order valence-corrected chi connectivity index (χ4v) is 3.39. The van der Waals surface area contributed by atoms with E-state index in [-0.39, 0.29) is 10.8 Å². The van der Waals surface area contributed by atoms with Crippen molar-refractivity contribution in [1.82, 2.24) is 5.16 Å². The Morgan fingerprint density at radius 1 is 1.20 bits per heavy atom. The third kappa shape index (κ3) is 2.48. The molecule has 20 heavy (non-hydrogen) atoms. The third-order valence-corrected chi connectivity index (χ3v) is 4.79. The molecule has 0 saturated heterocycles. The average molecular weight is 285 g/mol. The maximum absolute atomic E-state index is 5.27. The molecule has 1 unspecified atom stereocenters. The van der Waals surface area contributed by atoms with Crippen LogP contribution in [0.5, 0.6) is 0 Å². The minimum Gasteiger partial charge on any atom is -0.356 e. The van der Waals surface area contributed by atoms with Gasteiger partial charge in [0, 0.05) is 11.8 Å². The van der Waals surface area contributed by atoms with Crippen LogP contribution in [0.15, 0.2) is 47.1 Å². The topological polar surface area (TPSA) is 29.3 Å². The first kappa shape index (κ1) is 13.3. The zero-order valence-corrected chi connectivity index (χ0v) is 12.6. The van der Waals surface area contributed by atoms with Gasteiger partial charge in [-0.15, -0.1) is 0 Å². The van der Waals surface area contributed by atoms with Crippen LogP contribution in [-0.4, -0.2) is 10.5 Å². The summed E-state index contributed by atoms with van der Waals surface area (Å²) in [5.41, 5.74) is 1.27. The lowest BCUT2D eigenvalue weighted by molar-refractivity contribution is 0.397. The fraction of sp³-hybridized carbons (Fsp3) is 0.312. The third-order valence-electron chi connectivity index (χ3n) is 3.12. The highest BCUT2D eigenvalue weighted by atomic mass is 32.2. The number of rotatable bonds is 2. The Balaban J connectivity index is 1.99. The molecule has 103 valence electrons. The first-order valence-corrected chi connectivity index (χ1v) is 7.49. The van der Waals surface area contributed by atoms with E-state index >= 15 is 0 Å². The van der Waals surface area contributed by atoms with E-state index in [2.05, 4.69) is 49.2 Å². The first-order chi connectivity index (χ1) is 9.55. The molecule has 0 N–H and O–H groups in total. The molecule has 1 aliphatic heterocycles. The van der Waals surface area contributed by atoms with Gasteiger partial charge in [0.25, 0.3) is 0 Å². The molecular formula is C16H17N2OS. The Labute approximate surface area is 123 Å². The Bertz CT molecular complexity index is 599. The molecule has 3 nitrogen and oxygen atoms in total. The number of anilines is 1. The van der Waals surface area contributed by atoms with Crippen LogP contribution in [0.4, 0.5) is 5.69 Å². The molecule has 0 spiro atoms. The summed E-state index contributed by atoms with van der Waals surface area (Å²) in [6, 6.07) is 12.2. The molecule has 0 amide bonds. The van der Waals surface area contributed by atoms with E-state index in [9.17, 15) is 0 Å². The van der Waals surface area contributed by atoms with Gasteiger partial charge in [0.05, 0.1) is 22.7 Å². The Morgan fingerprint density at radius 2 is 1.95 bits per heavy atom. The molecular weight excluding hydrogens is 268 g/mol. The van der Waals surface area contributed by atoms with Gasteiger partial charge in [0.2, 0.25) is 0 Å². The summed E-state index contributed by atoms with van der Waals surface area (Å²) in [6.45, 7) is 6.73. The minimum absolute atomic E-state index is 0.120. The summed E-state index contributed by atoms with van der Waals surface area (Å²) >= 11 is 1.78. The minimum atomic E-state index is 0.120. The number of thioether (sulfide) groups is 1. The zero-order valence-electron chi connectivity index (χ0n) is 11.8. The van der Waals surface area contributed by atoms with Crippen molar-refractivity contribution in [1.29, 1.82) is 0 Å². The van der Waals surface area contributed by atoms with Crippen molar-refractivity contribution < 1.29 is 4.52 Å². The molecule has 2 aromatic rings. The van der Waals surface area contributed by atoms with E-state index < -0.39 is 0 Å². The van der Waals surface area contributed by atoms with Crippen molar-refractivity contribution in [2.75, 3.05) is 4.90 Å². The average Bonchev–Trinajstić information content (AvgIpc) is 3.08. The molecule has 1 atom stereocenters. The second-order valence-corrected chi connectivity index (χ2v) is 6.95. The normalized spacial score (nSPS) is 19.2. The van der Waals surface area contributed by atoms with Crippen LogP contribution in [0.1, 0.15) is 26.5 Å². The van der Waals surface area contributed by atoms with Crippen molar-refractivity contribution in [3.05, 3.63) is 54.6 Å². The SMILES string of the molecule is CC(C)(C)C1SC(c2ccno2)=[C]N1c1ccccc1. The van der Waals surface area contributed by atoms with E-state index in [1.165, 1.54) is 0 Å². The van der Waals surface area contributed by atoms with Crippen molar-refractivity contribution in [3.63, 3.8) is 0 Å². The van der Waals surface area contributed by atoms with Gasteiger partial charge in [-0.3, -0.25) is 0 Å². The number of para-hydroxylation sites is 1. The van der Waals surface area contributed by atoms with Crippen molar-refractivity contribution in [2.45, 2.75) is 26.1 Å². The quantitative estimate of drug-likeness (QED) is 0.817. The van der Waals surface area contributed by atoms with Crippen LogP contribution in [0.2, 0.25) is 0 Å². The lowest BCUT2D eigenvalue weighted by Crippen LogP contribution is -2.36. The van der Waals surface area contributed by atoms with Gasteiger partial charge >= 0.3 is 0 Å². The highest BCUT2D eigenvalue weighted by Crippen LogP contribution is 2.47. The molecule has 1 aromatic carbocycles. The maximum Gasteiger partial charge on any atom is 0.175 e. The Hall–Kier alpha value is -1.68. The van der Waals surface area contributed by atoms with E-state index in [1.54, 1.807) is 18.0 Å². The maximum atomic E-state index is 5.27. The van der Waals surface area contributed by atoms with Gasteiger partial charge in [-0.05, 0) is 17.5 Å². The van der Waals surface area contributed by atoms with E-state index in [0.29, 0.717) is 0 Å². The molecule has 4 heteroatoms. The van der Waals surface area contributed by atoms with Crippen LogP contribution >= 0.6 is 11.8 Å². The van der Waals surface area contributed by atoms with Crippen LogP contribution in [-0.2, 0) is 0 Å². The van der Waals surface area contributed by atoms with Gasteiger partial charge in [-0.2, -0.15) is 0 Å². The van der Waals surface area contributed by atoms with Crippen molar-refractivity contribution in [2.24, 2.45) is 5.41 Å². The monoisotopic (exact) mass is 285 g/mol. The van der Waals surface area contributed by atoms with Crippen molar-refractivity contribution in [3.8, 4) is 0 Å². The predicted octanol–water partition coefficient (Wildman–Crippen LogP) is 4.40. The van der Waals surface area contributed by atoms with Crippen LogP contribution in [0, 0.1) is 11.6 Å². The lowest BCUT2D eigenvalue weighted by atomic mass is 9.95. The summed E-state index contributed by atoms with van der Waals surface area (Å²) in [6.07, 6.45) is 5.11. The summed E-state index contributed by atoms with van der Waals surface area (Å²) < 4.78 is 5.27. The molecule has 1 aliphatic rings. The number of hydrogen-bond acceptors (Lipinski definition) is 4. The number of nitrogens with zero attached hydrogens (tertiary/aromatic N) is 2. The molecule has 0 fully saturated rings. The summed E-state index contributed by atoms with van der Waals surface area (Å²) in [4.78, 5) is 3.20. The molecule has 0 bridgehead atoms. The Kier molecular flexibility index (Phi) is 3.34. The second-order valence-electron chi connectivity index (χ2n) is 5.86. The van der Waals surface area contributed by atoms with Gasteiger partial charge in [-0.25, -0.2) is 0 Å². The summed E-state index contributed by atoms with van der Waals surface area (Å²) in [7, 11) is 0. The largest absolute Gasteiger partial charge is 0.356 e. The van der Waals surface area contributed by atoms with E-state index in [1.807, 2.05) is 24.3 Å². The number of benzene rings is 1. The molecule has 1 radical (unpaired) electrons.